The molecule has 0 aliphatic carbocycles. The number of aromatic nitrogens is 1. The van der Waals surface area contributed by atoms with E-state index < -0.39 is 14.8 Å². The van der Waals surface area contributed by atoms with E-state index in [-0.39, 0.29) is 34.3 Å². The van der Waals surface area contributed by atoms with Crippen molar-refractivity contribution in [2.45, 2.75) is 0 Å². The molecule has 14 nitrogen and oxygen atoms in total. The van der Waals surface area contributed by atoms with Gasteiger partial charge in [0, 0.05) is 42.5 Å². The summed E-state index contributed by atoms with van der Waals surface area (Å²) in [5.74, 6) is 0.972. The normalized spacial score (nSPS) is 9.18. The Labute approximate surface area is 222 Å². The number of non-ortho nitro benzene ring substituents is 3. The van der Waals surface area contributed by atoms with Gasteiger partial charge in [-0.1, -0.05) is 18.2 Å². The number of nitro groups is 3. The Kier molecular flexibility index (Phi) is 12.9. The number of aromatic hydroxyl groups is 2. The molecule has 0 spiro atoms. The van der Waals surface area contributed by atoms with Crippen LogP contribution in [-0.4, -0.2) is 39.1 Å². The number of nitrogens with one attached hydrogen (secondary N) is 1. The average molecular weight is 540 g/mol. The lowest BCUT2D eigenvalue weighted by atomic mass is 10.3. The van der Waals surface area contributed by atoms with Crippen LogP contribution in [0, 0.1) is 30.3 Å². The van der Waals surface area contributed by atoms with Gasteiger partial charge in [0.2, 0.25) is 0 Å². The maximum atomic E-state index is 10.4. The van der Waals surface area contributed by atoms with E-state index in [0.29, 0.717) is 0 Å². The second-order valence-corrected chi connectivity index (χ2v) is 7.44. The molecule has 3 N–H and O–H groups in total. The maximum absolute atomic E-state index is 10.4. The highest BCUT2D eigenvalue weighted by Gasteiger charge is 2.03. The highest BCUT2D eigenvalue weighted by Crippen LogP contribution is 2.16. The SMILES string of the molecule is CN(C)c1cccc[nH+]1.O=[N+]([O-])c1ccc(O)cc1.O=[N+]([O-])c1ccc(O)cc1.O=[N+]([O-])c1ccc([O-])cc1. The fourth-order valence-corrected chi connectivity index (χ4v) is 2.38. The summed E-state index contributed by atoms with van der Waals surface area (Å²) in [6.07, 6.45) is 1.91. The van der Waals surface area contributed by atoms with Gasteiger partial charge in [-0.3, -0.25) is 35.2 Å². The molecular formula is C25H25N5O9. The van der Waals surface area contributed by atoms with E-state index in [2.05, 4.69) is 4.98 Å². The summed E-state index contributed by atoms with van der Waals surface area (Å²) in [7, 11) is 4.01. The summed E-state index contributed by atoms with van der Waals surface area (Å²) in [4.78, 5) is 33.6. The molecule has 3 aromatic carbocycles. The first kappa shape index (κ1) is 31.2. The number of hydrogen-bond donors (Lipinski definition) is 2. The molecule has 0 radical (unpaired) electrons. The third-order valence-electron chi connectivity index (χ3n) is 4.34. The molecule has 0 amide bonds. The molecule has 4 aromatic rings. The Balaban J connectivity index is 0.000000260. The molecule has 0 aliphatic heterocycles. The molecule has 0 atom stereocenters. The number of H-pyrrole nitrogens is 1. The van der Waals surface area contributed by atoms with Gasteiger partial charge in [-0.15, -0.1) is 5.75 Å². The van der Waals surface area contributed by atoms with Crippen LogP contribution in [0.15, 0.2) is 97.2 Å². The molecule has 0 unspecified atom stereocenters. The Morgan fingerprint density at radius 1 is 0.615 bits per heavy atom. The molecule has 4 rings (SSSR count). The Bertz CT molecular complexity index is 1190. The topological polar surface area (TPSA) is 210 Å². The minimum Gasteiger partial charge on any atom is -0.872 e. The van der Waals surface area contributed by atoms with E-state index in [0.717, 1.165) is 18.0 Å². The standard InChI is InChI=1S/C7H10N2.3C6H5NO3/c1-9(2)7-5-3-4-6-8-7;3*8-6-3-1-5(2-4-6)7(9)10/h3-6H,1-2H3;3*1-4,8H. The molecule has 0 aliphatic rings. The van der Waals surface area contributed by atoms with Crippen LogP contribution in [0.4, 0.5) is 22.9 Å². The zero-order valence-corrected chi connectivity index (χ0v) is 20.8. The Hall–Kier alpha value is -5.79. The molecule has 0 fully saturated rings. The lowest BCUT2D eigenvalue weighted by Crippen LogP contribution is -2.18. The number of phenolic OH excluding ortho intramolecular Hbond substituents is 2. The van der Waals surface area contributed by atoms with Crippen molar-refractivity contribution in [3.63, 3.8) is 0 Å². The van der Waals surface area contributed by atoms with Crippen LogP contribution >= 0.6 is 0 Å². The number of pyridine rings is 1. The van der Waals surface area contributed by atoms with Crippen LogP contribution in [0.25, 0.3) is 0 Å². The summed E-state index contributed by atoms with van der Waals surface area (Å²) >= 11 is 0. The third-order valence-corrected chi connectivity index (χ3v) is 4.34. The monoisotopic (exact) mass is 539 g/mol. The van der Waals surface area contributed by atoms with Crippen LogP contribution in [0.5, 0.6) is 17.2 Å². The minimum atomic E-state index is -0.542. The van der Waals surface area contributed by atoms with Crippen LogP contribution in [0.3, 0.4) is 0 Å². The van der Waals surface area contributed by atoms with E-state index in [1.165, 1.54) is 60.7 Å². The number of benzene rings is 3. The largest absolute Gasteiger partial charge is 0.872 e. The zero-order chi connectivity index (χ0) is 29.4. The number of aromatic amines is 1. The molecule has 1 aromatic heterocycles. The minimum absolute atomic E-state index is 0.0159. The van der Waals surface area contributed by atoms with Crippen molar-refractivity contribution in [1.29, 1.82) is 0 Å². The van der Waals surface area contributed by atoms with Crippen molar-refractivity contribution in [3.8, 4) is 17.2 Å². The first-order valence-electron chi connectivity index (χ1n) is 10.8. The lowest BCUT2D eigenvalue weighted by Gasteiger charge is -2.00. The maximum Gasteiger partial charge on any atom is 0.273 e. The van der Waals surface area contributed by atoms with Gasteiger partial charge in [0.05, 0.1) is 35.1 Å². The molecule has 0 saturated carbocycles. The fourth-order valence-electron chi connectivity index (χ4n) is 2.38. The molecule has 204 valence electrons. The predicted octanol–water partition coefficient (Wildman–Crippen LogP) is 3.84. The van der Waals surface area contributed by atoms with Gasteiger partial charge < -0.3 is 15.3 Å². The summed E-state index contributed by atoms with van der Waals surface area (Å²) in [5, 5.41) is 57.9. The number of anilines is 1. The summed E-state index contributed by atoms with van der Waals surface area (Å²) in [5.41, 5.74) is -0.0878. The highest BCUT2D eigenvalue weighted by molar-refractivity contribution is 5.36. The van der Waals surface area contributed by atoms with E-state index in [9.17, 15) is 35.4 Å². The first-order chi connectivity index (χ1) is 18.4. The van der Waals surface area contributed by atoms with Crippen molar-refractivity contribution in [2.24, 2.45) is 0 Å². The number of rotatable bonds is 4. The zero-order valence-electron chi connectivity index (χ0n) is 20.8. The fraction of sp³-hybridized carbons (Fsp3) is 0.0800. The summed E-state index contributed by atoms with van der Waals surface area (Å²) in [6.45, 7) is 0. The molecular weight excluding hydrogens is 514 g/mol. The Morgan fingerprint density at radius 2 is 0.974 bits per heavy atom. The van der Waals surface area contributed by atoms with E-state index in [1.54, 1.807) is 0 Å². The van der Waals surface area contributed by atoms with Crippen molar-refractivity contribution in [1.82, 2.24) is 0 Å². The predicted molar refractivity (Wildman–Crippen MR) is 139 cm³/mol. The van der Waals surface area contributed by atoms with Crippen LogP contribution in [0.2, 0.25) is 0 Å². The second-order valence-electron chi connectivity index (χ2n) is 7.44. The smallest absolute Gasteiger partial charge is 0.273 e. The third kappa shape index (κ3) is 12.6. The lowest BCUT2D eigenvalue weighted by molar-refractivity contribution is -0.385. The second kappa shape index (κ2) is 16.1. The van der Waals surface area contributed by atoms with Gasteiger partial charge in [-0.05, 0) is 30.3 Å². The highest BCUT2D eigenvalue weighted by atomic mass is 16.6. The van der Waals surface area contributed by atoms with Crippen LogP contribution < -0.4 is 15.0 Å². The van der Waals surface area contributed by atoms with E-state index in [1.807, 2.05) is 43.4 Å². The van der Waals surface area contributed by atoms with Crippen molar-refractivity contribution in [3.05, 3.63) is 128 Å². The number of hydrogen-bond acceptors (Lipinski definition) is 10. The molecule has 0 bridgehead atoms. The summed E-state index contributed by atoms with van der Waals surface area (Å²) < 4.78 is 0. The van der Waals surface area contributed by atoms with E-state index in [4.69, 9.17) is 10.2 Å². The van der Waals surface area contributed by atoms with Gasteiger partial charge in [-0.2, -0.15) is 0 Å². The van der Waals surface area contributed by atoms with Gasteiger partial charge in [0.1, 0.15) is 11.5 Å². The quantitative estimate of drug-likeness (QED) is 0.282. The van der Waals surface area contributed by atoms with Gasteiger partial charge >= 0.3 is 0 Å². The molecule has 14 heteroatoms. The number of nitrogens with zero attached hydrogens (tertiary/aromatic N) is 4. The number of phenols is 2. The Morgan fingerprint density at radius 3 is 1.23 bits per heavy atom. The van der Waals surface area contributed by atoms with Gasteiger partial charge in [0.15, 0.2) is 0 Å². The molecule has 1 heterocycles. The first-order valence-corrected chi connectivity index (χ1v) is 10.8. The van der Waals surface area contributed by atoms with Crippen molar-refractivity contribution < 1.29 is 35.1 Å². The van der Waals surface area contributed by atoms with Crippen molar-refractivity contribution >= 4 is 22.9 Å². The van der Waals surface area contributed by atoms with Crippen LogP contribution in [0.1, 0.15) is 0 Å². The van der Waals surface area contributed by atoms with Crippen LogP contribution in [-0.2, 0) is 0 Å². The van der Waals surface area contributed by atoms with Gasteiger partial charge in [-0.25, -0.2) is 4.98 Å². The summed E-state index contributed by atoms with van der Waals surface area (Å²) in [6, 6.07) is 20.8. The molecule has 39 heavy (non-hydrogen) atoms. The average Bonchev–Trinajstić information content (AvgIpc) is 2.91. The van der Waals surface area contributed by atoms with E-state index >= 15 is 0 Å². The molecule has 0 saturated heterocycles. The number of nitro benzene ring substituents is 3. The van der Waals surface area contributed by atoms with Gasteiger partial charge in [0.25, 0.3) is 22.9 Å². The van der Waals surface area contributed by atoms with Crippen molar-refractivity contribution in [2.75, 3.05) is 19.0 Å².